The van der Waals surface area contributed by atoms with Crippen molar-refractivity contribution in [2.75, 3.05) is 13.7 Å². The lowest BCUT2D eigenvalue weighted by atomic mass is 10.2. The standard InChI is InChI=1S/C12H14ClNO5/c1-18-12(15)4-2-3-7-19-11-6-5-9(13)8-10(11)14(16)17/h5-6,8H,2-4,7H2,1H3. The Bertz CT molecular complexity index is 463. The minimum absolute atomic E-state index is 0.166. The fourth-order valence-corrected chi connectivity index (χ4v) is 1.58. The Morgan fingerprint density at radius 3 is 2.79 bits per heavy atom. The summed E-state index contributed by atoms with van der Waals surface area (Å²) in [6.45, 7) is 0.291. The molecular weight excluding hydrogens is 274 g/mol. The molecular formula is C12H14ClNO5. The van der Waals surface area contributed by atoms with Crippen molar-refractivity contribution in [1.29, 1.82) is 0 Å². The van der Waals surface area contributed by atoms with Crippen LogP contribution in [0.3, 0.4) is 0 Å². The number of benzene rings is 1. The third kappa shape index (κ3) is 5.13. The second kappa shape index (κ2) is 7.58. The van der Waals surface area contributed by atoms with Crippen LogP contribution >= 0.6 is 11.6 Å². The lowest BCUT2D eigenvalue weighted by Gasteiger charge is -2.06. The Kier molecular flexibility index (Phi) is 6.08. The molecule has 7 heteroatoms. The van der Waals surface area contributed by atoms with E-state index in [0.29, 0.717) is 25.9 Å². The van der Waals surface area contributed by atoms with E-state index in [-0.39, 0.29) is 22.4 Å². The summed E-state index contributed by atoms with van der Waals surface area (Å²) in [5, 5.41) is 11.1. The van der Waals surface area contributed by atoms with E-state index in [2.05, 4.69) is 4.74 Å². The van der Waals surface area contributed by atoms with Crippen molar-refractivity contribution < 1.29 is 19.2 Å². The summed E-state index contributed by atoms with van der Waals surface area (Å²) in [7, 11) is 1.33. The van der Waals surface area contributed by atoms with E-state index in [4.69, 9.17) is 16.3 Å². The maximum absolute atomic E-state index is 10.9. The minimum Gasteiger partial charge on any atom is -0.487 e. The zero-order chi connectivity index (χ0) is 14.3. The predicted octanol–water partition coefficient (Wildman–Crippen LogP) is 2.97. The summed E-state index contributed by atoms with van der Waals surface area (Å²) in [6, 6.07) is 4.23. The number of halogens is 1. The number of hydrogen-bond donors (Lipinski definition) is 0. The predicted molar refractivity (Wildman–Crippen MR) is 69.5 cm³/mol. The Balaban J connectivity index is 2.45. The number of hydrogen-bond acceptors (Lipinski definition) is 5. The van der Waals surface area contributed by atoms with Crippen LogP contribution in [-0.2, 0) is 9.53 Å². The van der Waals surface area contributed by atoms with Gasteiger partial charge in [-0.25, -0.2) is 0 Å². The molecule has 1 aromatic carbocycles. The van der Waals surface area contributed by atoms with Crippen LogP contribution in [0.15, 0.2) is 18.2 Å². The van der Waals surface area contributed by atoms with Crippen LogP contribution in [0, 0.1) is 10.1 Å². The van der Waals surface area contributed by atoms with Crippen molar-refractivity contribution in [3.8, 4) is 5.75 Å². The lowest BCUT2D eigenvalue weighted by Crippen LogP contribution is -2.03. The number of rotatable bonds is 7. The highest BCUT2D eigenvalue weighted by atomic mass is 35.5. The third-order valence-electron chi connectivity index (χ3n) is 2.38. The molecule has 0 aliphatic rings. The van der Waals surface area contributed by atoms with Crippen LogP contribution in [0.1, 0.15) is 19.3 Å². The van der Waals surface area contributed by atoms with E-state index >= 15 is 0 Å². The summed E-state index contributed by atoms with van der Waals surface area (Å²) in [6.07, 6.45) is 1.52. The summed E-state index contributed by atoms with van der Waals surface area (Å²) < 4.78 is 9.81. The van der Waals surface area contributed by atoms with E-state index in [0.717, 1.165) is 0 Å². The number of esters is 1. The molecule has 1 aromatic rings. The number of nitrogens with zero attached hydrogens (tertiary/aromatic N) is 1. The van der Waals surface area contributed by atoms with Gasteiger partial charge in [0.25, 0.3) is 0 Å². The molecule has 0 radical (unpaired) electrons. The van der Waals surface area contributed by atoms with Gasteiger partial charge in [0, 0.05) is 17.5 Å². The zero-order valence-electron chi connectivity index (χ0n) is 10.4. The van der Waals surface area contributed by atoms with Gasteiger partial charge in [-0.2, -0.15) is 0 Å². The average molecular weight is 288 g/mol. The van der Waals surface area contributed by atoms with Crippen molar-refractivity contribution in [3.05, 3.63) is 33.3 Å². The van der Waals surface area contributed by atoms with Crippen molar-refractivity contribution in [2.45, 2.75) is 19.3 Å². The minimum atomic E-state index is -0.546. The molecule has 0 amide bonds. The first-order valence-electron chi connectivity index (χ1n) is 5.68. The smallest absolute Gasteiger partial charge is 0.312 e. The molecule has 0 fully saturated rings. The second-order valence-corrected chi connectivity index (χ2v) is 4.19. The van der Waals surface area contributed by atoms with E-state index in [9.17, 15) is 14.9 Å². The highest BCUT2D eigenvalue weighted by molar-refractivity contribution is 6.30. The molecule has 6 nitrogen and oxygen atoms in total. The van der Waals surface area contributed by atoms with Crippen LogP contribution in [0.5, 0.6) is 5.75 Å². The number of unbranched alkanes of at least 4 members (excludes halogenated alkanes) is 1. The Hall–Kier alpha value is -1.82. The third-order valence-corrected chi connectivity index (χ3v) is 2.61. The summed E-state index contributed by atoms with van der Waals surface area (Å²) in [5.74, 6) is -0.107. The van der Waals surface area contributed by atoms with Gasteiger partial charge in [-0.1, -0.05) is 11.6 Å². The molecule has 0 N–H and O–H groups in total. The van der Waals surface area contributed by atoms with Crippen LogP contribution in [0.2, 0.25) is 5.02 Å². The van der Waals surface area contributed by atoms with Gasteiger partial charge < -0.3 is 9.47 Å². The van der Waals surface area contributed by atoms with E-state index in [1.807, 2.05) is 0 Å². The number of carbonyl (C=O) groups excluding carboxylic acids is 1. The van der Waals surface area contributed by atoms with Gasteiger partial charge >= 0.3 is 11.7 Å². The second-order valence-electron chi connectivity index (χ2n) is 3.75. The van der Waals surface area contributed by atoms with Crippen molar-refractivity contribution in [3.63, 3.8) is 0 Å². The monoisotopic (exact) mass is 287 g/mol. The van der Waals surface area contributed by atoms with Gasteiger partial charge in [0.15, 0.2) is 5.75 Å². The molecule has 104 valence electrons. The maximum Gasteiger partial charge on any atom is 0.312 e. The van der Waals surface area contributed by atoms with Gasteiger partial charge in [-0.3, -0.25) is 14.9 Å². The Morgan fingerprint density at radius 2 is 2.16 bits per heavy atom. The number of nitro groups is 1. The molecule has 0 aliphatic heterocycles. The van der Waals surface area contributed by atoms with Crippen molar-refractivity contribution in [2.24, 2.45) is 0 Å². The van der Waals surface area contributed by atoms with E-state index < -0.39 is 4.92 Å². The molecule has 0 bridgehead atoms. The topological polar surface area (TPSA) is 78.7 Å². The van der Waals surface area contributed by atoms with Crippen LogP contribution < -0.4 is 4.74 Å². The van der Waals surface area contributed by atoms with Crippen LogP contribution in [0.25, 0.3) is 0 Å². The molecule has 19 heavy (non-hydrogen) atoms. The normalized spacial score (nSPS) is 10.0. The Labute approximate surface area is 115 Å². The van der Waals surface area contributed by atoms with E-state index in [1.54, 1.807) is 0 Å². The highest BCUT2D eigenvalue weighted by Crippen LogP contribution is 2.29. The largest absolute Gasteiger partial charge is 0.487 e. The lowest BCUT2D eigenvalue weighted by molar-refractivity contribution is -0.385. The maximum atomic E-state index is 10.9. The van der Waals surface area contributed by atoms with Gasteiger partial charge in [0.1, 0.15) is 0 Å². The highest BCUT2D eigenvalue weighted by Gasteiger charge is 2.15. The van der Waals surface area contributed by atoms with Crippen LogP contribution in [-0.4, -0.2) is 24.6 Å². The van der Waals surface area contributed by atoms with Crippen molar-refractivity contribution in [1.82, 2.24) is 0 Å². The van der Waals surface area contributed by atoms with Crippen LogP contribution in [0.4, 0.5) is 5.69 Å². The molecule has 0 saturated carbocycles. The fourth-order valence-electron chi connectivity index (χ4n) is 1.41. The molecule has 0 spiro atoms. The SMILES string of the molecule is COC(=O)CCCCOc1ccc(Cl)cc1[N+](=O)[O-]. The molecule has 0 unspecified atom stereocenters. The molecule has 0 heterocycles. The number of methoxy groups -OCH3 is 1. The quantitative estimate of drug-likeness (QED) is 0.333. The molecule has 1 rings (SSSR count). The summed E-state index contributed by atoms with van der Waals surface area (Å²) in [5.41, 5.74) is -0.166. The molecule has 0 atom stereocenters. The van der Waals surface area contributed by atoms with E-state index in [1.165, 1.54) is 25.3 Å². The van der Waals surface area contributed by atoms with Crippen molar-refractivity contribution >= 4 is 23.3 Å². The van der Waals surface area contributed by atoms with Gasteiger partial charge in [0.2, 0.25) is 0 Å². The zero-order valence-corrected chi connectivity index (χ0v) is 11.2. The van der Waals surface area contributed by atoms with Gasteiger partial charge in [-0.05, 0) is 25.0 Å². The summed E-state index contributed by atoms with van der Waals surface area (Å²) in [4.78, 5) is 21.1. The number of carbonyl (C=O) groups is 1. The first kappa shape index (κ1) is 15.2. The Morgan fingerprint density at radius 1 is 1.42 bits per heavy atom. The fraction of sp³-hybridized carbons (Fsp3) is 0.417. The first-order valence-corrected chi connectivity index (χ1v) is 6.06. The first-order chi connectivity index (χ1) is 9.04. The summed E-state index contributed by atoms with van der Waals surface area (Å²) >= 11 is 5.68. The molecule has 0 aromatic heterocycles. The van der Waals surface area contributed by atoms with Gasteiger partial charge in [-0.15, -0.1) is 0 Å². The number of ether oxygens (including phenoxy) is 2. The number of nitro benzene ring substituents is 1. The molecule has 0 aliphatic carbocycles. The van der Waals surface area contributed by atoms with Gasteiger partial charge in [0.05, 0.1) is 18.6 Å². The molecule has 0 saturated heterocycles. The average Bonchev–Trinajstić information content (AvgIpc) is 2.39.